The van der Waals surface area contributed by atoms with Gasteiger partial charge < -0.3 is 18.6 Å². The van der Waals surface area contributed by atoms with Crippen molar-refractivity contribution in [1.82, 2.24) is 28.9 Å². The van der Waals surface area contributed by atoms with E-state index in [1.807, 2.05) is 12.7 Å². The molecule has 150 valence electrons. The van der Waals surface area contributed by atoms with Gasteiger partial charge in [0.2, 0.25) is 0 Å². The number of nitrogens with zero attached hydrogens (tertiary/aromatic N) is 6. The summed E-state index contributed by atoms with van der Waals surface area (Å²) in [7, 11) is 0. The van der Waals surface area contributed by atoms with Crippen molar-refractivity contribution in [3.05, 3.63) is 24.8 Å². The molecule has 2 saturated heterocycles. The first kappa shape index (κ1) is 18.1. The average molecular weight is 384 g/mol. The Hall–Kier alpha value is -2.00. The standard InChI is InChI=1S/C20H28N6O2/c1(23-5-9-27-10-6-23)3-25-15-21-17-14-20-18(13-19(17)25)22-16-26(20)4-2-24-7-11-28-12-8-24/h13-16H,1-12H2. The van der Waals surface area contributed by atoms with Crippen LogP contribution in [0.3, 0.4) is 0 Å². The highest BCUT2D eigenvalue weighted by Gasteiger charge is 2.14. The van der Waals surface area contributed by atoms with Crippen molar-refractivity contribution in [3.63, 3.8) is 0 Å². The second-order valence-electron chi connectivity index (χ2n) is 7.61. The number of rotatable bonds is 6. The van der Waals surface area contributed by atoms with Crippen LogP contribution in [0.1, 0.15) is 0 Å². The molecule has 2 aromatic heterocycles. The van der Waals surface area contributed by atoms with Crippen LogP contribution < -0.4 is 0 Å². The molecule has 2 aliphatic heterocycles. The van der Waals surface area contributed by atoms with Gasteiger partial charge in [0.15, 0.2) is 0 Å². The van der Waals surface area contributed by atoms with Gasteiger partial charge in [-0.25, -0.2) is 9.97 Å². The molecule has 0 aliphatic carbocycles. The Labute approximate surface area is 164 Å². The van der Waals surface area contributed by atoms with Crippen LogP contribution in [0.25, 0.3) is 22.1 Å². The largest absolute Gasteiger partial charge is 0.379 e. The van der Waals surface area contributed by atoms with E-state index in [1.54, 1.807) is 0 Å². The van der Waals surface area contributed by atoms with Crippen molar-refractivity contribution in [2.75, 3.05) is 65.7 Å². The first-order valence-electron chi connectivity index (χ1n) is 10.3. The molecule has 0 saturated carbocycles. The molecule has 2 aliphatic rings. The van der Waals surface area contributed by atoms with Gasteiger partial charge in [-0.3, -0.25) is 9.80 Å². The van der Waals surface area contributed by atoms with Crippen molar-refractivity contribution in [2.24, 2.45) is 0 Å². The minimum atomic E-state index is 0.840. The van der Waals surface area contributed by atoms with Gasteiger partial charge in [-0.15, -0.1) is 0 Å². The SMILES string of the molecule is c1c2ncn(CCN3CCOCC3)c2cc2ncn(CCN3CCOCC3)c12. The predicted octanol–water partition coefficient (Wildman–Crippen LogP) is 1.05. The summed E-state index contributed by atoms with van der Waals surface area (Å²) in [6, 6.07) is 4.37. The van der Waals surface area contributed by atoms with Crippen LogP contribution in [-0.4, -0.2) is 94.6 Å². The molecule has 28 heavy (non-hydrogen) atoms. The molecular weight excluding hydrogens is 356 g/mol. The van der Waals surface area contributed by atoms with E-state index < -0.39 is 0 Å². The van der Waals surface area contributed by atoms with Crippen LogP contribution in [0.5, 0.6) is 0 Å². The fourth-order valence-corrected chi connectivity index (χ4v) is 4.11. The molecule has 3 aromatic rings. The second kappa shape index (κ2) is 8.16. The summed E-state index contributed by atoms with van der Waals surface area (Å²) in [5, 5.41) is 0. The van der Waals surface area contributed by atoms with E-state index in [2.05, 4.69) is 41.0 Å². The van der Waals surface area contributed by atoms with Crippen molar-refractivity contribution < 1.29 is 9.47 Å². The fourth-order valence-electron chi connectivity index (χ4n) is 4.11. The second-order valence-corrected chi connectivity index (χ2v) is 7.61. The Bertz CT molecular complexity index is 847. The van der Waals surface area contributed by atoms with Crippen LogP contribution >= 0.6 is 0 Å². The van der Waals surface area contributed by atoms with Gasteiger partial charge in [-0.2, -0.15) is 0 Å². The summed E-state index contributed by atoms with van der Waals surface area (Å²) >= 11 is 0. The van der Waals surface area contributed by atoms with Crippen molar-refractivity contribution in [3.8, 4) is 0 Å². The Morgan fingerprint density at radius 3 is 1.50 bits per heavy atom. The lowest BCUT2D eigenvalue weighted by molar-refractivity contribution is 0.0364. The average Bonchev–Trinajstić information content (AvgIpc) is 3.34. The molecular formula is C20H28N6O2. The molecule has 1 aromatic carbocycles. The number of hydrogen-bond acceptors (Lipinski definition) is 6. The van der Waals surface area contributed by atoms with Gasteiger partial charge in [0.1, 0.15) is 0 Å². The lowest BCUT2D eigenvalue weighted by atomic mass is 10.2. The number of hydrogen-bond donors (Lipinski definition) is 0. The quantitative estimate of drug-likeness (QED) is 0.633. The zero-order valence-electron chi connectivity index (χ0n) is 16.3. The number of aromatic nitrogens is 4. The third kappa shape index (κ3) is 3.77. The lowest BCUT2D eigenvalue weighted by Crippen LogP contribution is -2.38. The van der Waals surface area contributed by atoms with Crippen LogP contribution in [0.2, 0.25) is 0 Å². The van der Waals surface area contributed by atoms with Crippen LogP contribution in [0.4, 0.5) is 0 Å². The van der Waals surface area contributed by atoms with Crippen molar-refractivity contribution in [1.29, 1.82) is 0 Å². The number of benzene rings is 1. The summed E-state index contributed by atoms with van der Waals surface area (Å²) < 4.78 is 15.4. The van der Waals surface area contributed by atoms with Crippen LogP contribution in [0.15, 0.2) is 24.8 Å². The van der Waals surface area contributed by atoms with Gasteiger partial charge in [0, 0.05) is 52.4 Å². The summed E-state index contributed by atoms with van der Waals surface area (Å²) in [5.74, 6) is 0. The molecule has 2 fully saturated rings. The summed E-state index contributed by atoms with van der Waals surface area (Å²) in [6.07, 6.45) is 3.92. The van der Waals surface area contributed by atoms with Crippen LogP contribution in [-0.2, 0) is 22.6 Å². The number of fused-ring (bicyclic) bond motifs is 2. The van der Waals surface area contributed by atoms with Gasteiger partial charge in [0.25, 0.3) is 0 Å². The molecule has 8 nitrogen and oxygen atoms in total. The van der Waals surface area contributed by atoms with Gasteiger partial charge in [-0.1, -0.05) is 0 Å². The molecule has 0 radical (unpaired) electrons. The molecule has 0 bridgehead atoms. The zero-order valence-corrected chi connectivity index (χ0v) is 16.3. The molecule has 0 spiro atoms. The Kier molecular flexibility index (Phi) is 5.26. The summed E-state index contributed by atoms with van der Waals surface area (Å²) in [6.45, 7) is 11.4. The maximum atomic E-state index is 5.44. The van der Waals surface area contributed by atoms with E-state index in [1.165, 1.54) is 11.0 Å². The number of morpholine rings is 2. The van der Waals surface area contributed by atoms with Gasteiger partial charge in [0.05, 0.1) is 61.1 Å². The van der Waals surface area contributed by atoms with Gasteiger partial charge in [-0.05, 0) is 12.1 Å². The molecule has 4 heterocycles. The summed E-state index contributed by atoms with van der Waals surface area (Å²) in [5.41, 5.74) is 4.42. The Balaban J connectivity index is 1.30. The third-order valence-electron chi connectivity index (χ3n) is 5.88. The fraction of sp³-hybridized carbons (Fsp3) is 0.600. The maximum absolute atomic E-state index is 5.44. The Morgan fingerprint density at radius 1 is 0.643 bits per heavy atom. The summed E-state index contributed by atoms with van der Waals surface area (Å²) in [4.78, 5) is 14.2. The Morgan fingerprint density at radius 2 is 1.07 bits per heavy atom. The van der Waals surface area contributed by atoms with E-state index >= 15 is 0 Å². The normalized spacial score (nSPS) is 19.7. The minimum Gasteiger partial charge on any atom is -0.379 e. The maximum Gasteiger partial charge on any atom is 0.0958 e. The third-order valence-corrected chi connectivity index (χ3v) is 5.88. The minimum absolute atomic E-state index is 0.840. The first-order chi connectivity index (χ1) is 13.9. The van der Waals surface area contributed by atoms with E-state index in [0.29, 0.717) is 0 Å². The van der Waals surface area contributed by atoms with Crippen molar-refractivity contribution >= 4 is 22.1 Å². The lowest BCUT2D eigenvalue weighted by Gasteiger charge is -2.26. The van der Waals surface area contributed by atoms with E-state index in [0.717, 1.165) is 89.8 Å². The molecule has 0 atom stereocenters. The molecule has 0 unspecified atom stereocenters. The number of imidazole rings is 2. The molecule has 8 heteroatoms. The van der Waals surface area contributed by atoms with E-state index in [-0.39, 0.29) is 0 Å². The first-order valence-corrected chi connectivity index (χ1v) is 10.3. The zero-order chi connectivity index (χ0) is 18.8. The monoisotopic (exact) mass is 384 g/mol. The predicted molar refractivity (Wildman–Crippen MR) is 108 cm³/mol. The van der Waals surface area contributed by atoms with E-state index in [9.17, 15) is 0 Å². The van der Waals surface area contributed by atoms with Gasteiger partial charge >= 0.3 is 0 Å². The highest BCUT2D eigenvalue weighted by molar-refractivity contribution is 5.91. The number of ether oxygens (including phenoxy) is 2. The molecule has 0 N–H and O–H groups in total. The highest BCUT2D eigenvalue weighted by atomic mass is 16.5. The molecule has 5 rings (SSSR count). The smallest absolute Gasteiger partial charge is 0.0958 e. The van der Waals surface area contributed by atoms with Crippen molar-refractivity contribution in [2.45, 2.75) is 13.1 Å². The topological polar surface area (TPSA) is 60.6 Å². The molecule has 0 amide bonds. The van der Waals surface area contributed by atoms with Crippen LogP contribution in [0, 0.1) is 0 Å². The van der Waals surface area contributed by atoms with E-state index in [4.69, 9.17) is 9.47 Å². The highest BCUT2D eigenvalue weighted by Crippen LogP contribution is 2.21.